The minimum atomic E-state index is -0.418. The van der Waals surface area contributed by atoms with E-state index in [9.17, 15) is 4.79 Å². The van der Waals surface area contributed by atoms with Gasteiger partial charge in [0.2, 0.25) is 0 Å². The van der Waals surface area contributed by atoms with Crippen LogP contribution in [0.1, 0.15) is 49.3 Å². The monoisotopic (exact) mass is 377 g/mol. The van der Waals surface area contributed by atoms with Crippen LogP contribution >= 0.6 is 0 Å². The molecule has 3 nitrogen and oxygen atoms in total. The van der Waals surface area contributed by atoms with Gasteiger partial charge in [-0.3, -0.25) is 4.79 Å². The molecule has 148 valence electrons. The first-order chi connectivity index (χ1) is 13.7. The average molecular weight is 378 g/mol. The van der Waals surface area contributed by atoms with Crippen molar-refractivity contribution in [2.24, 2.45) is 5.92 Å². The summed E-state index contributed by atoms with van der Waals surface area (Å²) in [7, 11) is 0. The van der Waals surface area contributed by atoms with Gasteiger partial charge in [0.15, 0.2) is 6.10 Å². The zero-order valence-corrected chi connectivity index (χ0v) is 16.9. The van der Waals surface area contributed by atoms with Crippen LogP contribution in [0.3, 0.4) is 0 Å². The quantitative estimate of drug-likeness (QED) is 0.748. The van der Waals surface area contributed by atoms with Gasteiger partial charge in [0.05, 0.1) is 0 Å². The molecular formula is C25H31NO2. The lowest BCUT2D eigenvalue weighted by molar-refractivity contribution is -0.139. The van der Waals surface area contributed by atoms with Crippen LogP contribution in [0.2, 0.25) is 0 Å². The normalized spacial score (nSPS) is 18.4. The number of hydrogen-bond acceptors (Lipinski definition) is 2. The summed E-state index contributed by atoms with van der Waals surface area (Å²) in [5.74, 6) is 1.72. The fraction of sp³-hybridized carbons (Fsp3) is 0.480. The van der Waals surface area contributed by atoms with Crippen LogP contribution in [0.5, 0.6) is 5.75 Å². The zero-order valence-electron chi connectivity index (χ0n) is 16.9. The van der Waals surface area contributed by atoms with Gasteiger partial charge in [-0.15, -0.1) is 0 Å². The molecule has 1 aliphatic heterocycles. The highest BCUT2D eigenvalue weighted by molar-refractivity contribution is 5.81. The van der Waals surface area contributed by atoms with Crippen LogP contribution < -0.4 is 4.74 Å². The number of rotatable bonds is 5. The number of piperidine rings is 1. The smallest absolute Gasteiger partial charge is 0.263 e. The Bertz CT molecular complexity index is 793. The molecule has 2 aliphatic rings. The Hall–Kier alpha value is -2.29. The Morgan fingerprint density at radius 2 is 1.79 bits per heavy atom. The van der Waals surface area contributed by atoms with Crippen molar-refractivity contribution in [1.82, 2.24) is 4.90 Å². The molecule has 1 heterocycles. The SMILES string of the molecule is C[C@@H](Oc1cccc2c1CCCC2)C(=O)N1CCC(Cc2ccccc2)CC1. The molecule has 0 spiro atoms. The number of fused-ring (bicyclic) bond motifs is 1. The number of carbonyl (C=O) groups excluding carboxylic acids is 1. The Morgan fingerprint density at radius 3 is 2.57 bits per heavy atom. The van der Waals surface area contributed by atoms with Gasteiger partial charge in [-0.05, 0) is 80.5 Å². The number of amides is 1. The second-order valence-electron chi connectivity index (χ2n) is 8.32. The van der Waals surface area contributed by atoms with Crippen molar-refractivity contribution in [2.75, 3.05) is 13.1 Å². The van der Waals surface area contributed by atoms with E-state index < -0.39 is 6.10 Å². The number of ether oxygens (including phenoxy) is 1. The first-order valence-electron chi connectivity index (χ1n) is 10.8. The van der Waals surface area contributed by atoms with Crippen LogP contribution in [0, 0.1) is 5.92 Å². The molecule has 0 radical (unpaired) electrons. The molecule has 2 aromatic carbocycles. The zero-order chi connectivity index (χ0) is 19.3. The molecule has 1 aliphatic carbocycles. The summed E-state index contributed by atoms with van der Waals surface area (Å²) in [6, 6.07) is 17.0. The first-order valence-corrected chi connectivity index (χ1v) is 10.8. The van der Waals surface area contributed by atoms with Gasteiger partial charge in [0.25, 0.3) is 5.91 Å². The molecule has 0 aromatic heterocycles. The lowest BCUT2D eigenvalue weighted by Gasteiger charge is -2.34. The van der Waals surface area contributed by atoms with Gasteiger partial charge in [-0.25, -0.2) is 0 Å². The number of benzene rings is 2. The van der Waals surface area contributed by atoms with Crippen molar-refractivity contribution in [3.05, 3.63) is 65.2 Å². The minimum Gasteiger partial charge on any atom is -0.481 e. The first kappa shape index (κ1) is 19.0. The van der Waals surface area contributed by atoms with E-state index in [1.165, 1.54) is 29.5 Å². The topological polar surface area (TPSA) is 29.5 Å². The van der Waals surface area contributed by atoms with Gasteiger partial charge in [-0.2, -0.15) is 0 Å². The van der Waals surface area contributed by atoms with Crippen molar-refractivity contribution < 1.29 is 9.53 Å². The molecule has 4 rings (SSSR count). The average Bonchev–Trinajstić information content (AvgIpc) is 2.75. The summed E-state index contributed by atoms with van der Waals surface area (Å²) in [4.78, 5) is 14.9. The maximum atomic E-state index is 12.9. The van der Waals surface area contributed by atoms with E-state index in [4.69, 9.17) is 4.74 Å². The van der Waals surface area contributed by atoms with Crippen molar-refractivity contribution in [3.8, 4) is 5.75 Å². The number of nitrogens with zero attached hydrogens (tertiary/aromatic N) is 1. The number of carbonyl (C=O) groups is 1. The molecule has 0 N–H and O–H groups in total. The van der Waals surface area contributed by atoms with Crippen LogP contribution in [-0.2, 0) is 24.1 Å². The number of likely N-dealkylation sites (tertiary alicyclic amines) is 1. The summed E-state index contributed by atoms with van der Waals surface area (Å²) in [6.07, 6.45) is 7.51. The molecule has 28 heavy (non-hydrogen) atoms. The van der Waals surface area contributed by atoms with E-state index in [1.807, 2.05) is 17.9 Å². The fourth-order valence-corrected chi connectivity index (χ4v) is 4.66. The van der Waals surface area contributed by atoms with E-state index in [2.05, 4.69) is 42.5 Å². The van der Waals surface area contributed by atoms with Gasteiger partial charge in [0, 0.05) is 13.1 Å². The Labute approximate surface area is 168 Å². The summed E-state index contributed by atoms with van der Waals surface area (Å²) < 4.78 is 6.16. The predicted molar refractivity (Wildman–Crippen MR) is 113 cm³/mol. The van der Waals surface area contributed by atoms with Gasteiger partial charge in [0.1, 0.15) is 5.75 Å². The van der Waals surface area contributed by atoms with E-state index in [1.54, 1.807) is 0 Å². The molecule has 1 fully saturated rings. The van der Waals surface area contributed by atoms with Crippen molar-refractivity contribution in [1.29, 1.82) is 0 Å². The van der Waals surface area contributed by atoms with E-state index in [-0.39, 0.29) is 5.91 Å². The highest BCUT2D eigenvalue weighted by Crippen LogP contribution is 2.30. The molecular weight excluding hydrogens is 346 g/mol. The Kier molecular flexibility index (Phi) is 5.99. The molecule has 1 atom stereocenters. The predicted octanol–water partition coefficient (Wildman–Crippen LogP) is 4.81. The van der Waals surface area contributed by atoms with Crippen LogP contribution in [-0.4, -0.2) is 30.0 Å². The summed E-state index contributed by atoms with van der Waals surface area (Å²) >= 11 is 0. The maximum Gasteiger partial charge on any atom is 0.263 e. The second kappa shape index (κ2) is 8.81. The van der Waals surface area contributed by atoms with Gasteiger partial charge < -0.3 is 9.64 Å². The van der Waals surface area contributed by atoms with E-state index >= 15 is 0 Å². The summed E-state index contributed by atoms with van der Waals surface area (Å²) in [5.41, 5.74) is 4.11. The van der Waals surface area contributed by atoms with E-state index in [0.717, 1.165) is 50.9 Å². The van der Waals surface area contributed by atoms with Crippen LogP contribution in [0.15, 0.2) is 48.5 Å². The molecule has 0 unspecified atom stereocenters. The lowest BCUT2D eigenvalue weighted by atomic mass is 9.90. The van der Waals surface area contributed by atoms with Crippen LogP contribution in [0.25, 0.3) is 0 Å². The minimum absolute atomic E-state index is 0.131. The molecule has 1 saturated heterocycles. The molecule has 3 heteroatoms. The Morgan fingerprint density at radius 1 is 1.04 bits per heavy atom. The summed E-state index contributed by atoms with van der Waals surface area (Å²) in [5, 5.41) is 0. The third kappa shape index (κ3) is 4.40. The molecule has 0 saturated carbocycles. The fourth-order valence-electron chi connectivity index (χ4n) is 4.66. The Balaban J connectivity index is 1.31. The standard InChI is InChI=1S/C25H31NO2/c1-19(28-24-13-7-11-22-10-5-6-12-23(22)24)25(27)26-16-14-21(15-17-26)18-20-8-3-2-4-9-20/h2-4,7-9,11,13,19,21H,5-6,10,12,14-18H2,1H3/t19-/m1/s1. The highest BCUT2D eigenvalue weighted by atomic mass is 16.5. The molecule has 0 bridgehead atoms. The highest BCUT2D eigenvalue weighted by Gasteiger charge is 2.28. The van der Waals surface area contributed by atoms with E-state index in [0.29, 0.717) is 5.92 Å². The maximum absolute atomic E-state index is 12.9. The van der Waals surface area contributed by atoms with Crippen molar-refractivity contribution in [3.63, 3.8) is 0 Å². The van der Waals surface area contributed by atoms with Crippen molar-refractivity contribution >= 4 is 5.91 Å². The van der Waals surface area contributed by atoms with Gasteiger partial charge in [-0.1, -0.05) is 42.5 Å². The van der Waals surface area contributed by atoms with Crippen molar-refractivity contribution in [2.45, 2.75) is 58.0 Å². The van der Waals surface area contributed by atoms with Gasteiger partial charge >= 0.3 is 0 Å². The lowest BCUT2D eigenvalue weighted by Crippen LogP contribution is -2.45. The van der Waals surface area contributed by atoms with Crippen LogP contribution in [0.4, 0.5) is 0 Å². The number of hydrogen-bond donors (Lipinski definition) is 0. The second-order valence-corrected chi connectivity index (χ2v) is 8.32. The third-order valence-corrected chi connectivity index (χ3v) is 6.30. The largest absolute Gasteiger partial charge is 0.481 e. The molecule has 1 amide bonds. The third-order valence-electron chi connectivity index (χ3n) is 6.30. The molecule has 2 aromatic rings. The number of aryl methyl sites for hydroxylation is 1. The summed E-state index contributed by atoms with van der Waals surface area (Å²) in [6.45, 7) is 3.59.